The Morgan fingerprint density at radius 3 is 3.00 bits per heavy atom. The van der Waals surface area contributed by atoms with E-state index in [0.29, 0.717) is 25.1 Å². The quantitative estimate of drug-likeness (QED) is 0.768. The molecule has 0 amide bonds. The molecule has 2 aliphatic rings. The zero-order valence-electron chi connectivity index (χ0n) is 12.8. The minimum absolute atomic E-state index is 0. The van der Waals surface area contributed by atoms with E-state index in [4.69, 9.17) is 4.74 Å². The molecule has 0 radical (unpaired) electrons. The van der Waals surface area contributed by atoms with Crippen LogP contribution in [0.3, 0.4) is 0 Å². The molecule has 2 fully saturated rings. The summed E-state index contributed by atoms with van der Waals surface area (Å²) in [4.78, 5) is 13.9. The SMILES string of the molecule is Cl.Cl.Fc1nc(OCC23CCCN2CC(F)C3)nc2ccncc12. The molecule has 0 aliphatic carbocycles. The first-order valence-electron chi connectivity index (χ1n) is 7.45. The van der Waals surface area contributed by atoms with Gasteiger partial charge in [0.05, 0.1) is 16.4 Å². The first-order chi connectivity index (χ1) is 10.7. The minimum atomic E-state index is -0.816. The van der Waals surface area contributed by atoms with Gasteiger partial charge < -0.3 is 4.74 Å². The standard InChI is InChI=1S/C15H16F2N4O.2ClH/c16-10-6-15(3-1-5-21(15)8-10)9-22-14-19-12-2-4-18-7-11(12)13(17)20-14;;/h2,4,7,10H,1,3,5-6,8-9H2;2*1H. The maximum absolute atomic E-state index is 13.9. The van der Waals surface area contributed by atoms with Gasteiger partial charge in [-0.25, -0.2) is 4.39 Å². The fourth-order valence-electron chi connectivity index (χ4n) is 3.63. The Kier molecular flexibility index (Phi) is 5.78. The second-order valence-corrected chi connectivity index (χ2v) is 6.05. The van der Waals surface area contributed by atoms with Crippen molar-refractivity contribution in [2.45, 2.75) is 31.0 Å². The summed E-state index contributed by atoms with van der Waals surface area (Å²) in [6.45, 7) is 1.65. The van der Waals surface area contributed by atoms with Crippen molar-refractivity contribution in [1.29, 1.82) is 0 Å². The number of hydrogen-bond acceptors (Lipinski definition) is 5. The molecule has 0 aromatic carbocycles. The predicted octanol–water partition coefficient (Wildman–Crippen LogP) is 2.96. The highest BCUT2D eigenvalue weighted by Gasteiger charge is 2.49. The van der Waals surface area contributed by atoms with Gasteiger partial charge in [-0.2, -0.15) is 14.4 Å². The van der Waals surface area contributed by atoms with Crippen molar-refractivity contribution in [3.8, 4) is 6.01 Å². The van der Waals surface area contributed by atoms with E-state index in [0.717, 1.165) is 19.4 Å². The highest BCUT2D eigenvalue weighted by Crippen LogP contribution is 2.40. The van der Waals surface area contributed by atoms with Crippen LogP contribution in [-0.4, -0.2) is 51.3 Å². The number of hydrogen-bond donors (Lipinski definition) is 0. The van der Waals surface area contributed by atoms with Crippen molar-refractivity contribution < 1.29 is 13.5 Å². The van der Waals surface area contributed by atoms with E-state index in [-0.39, 0.29) is 41.7 Å². The molecule has 0 bridgehead atoms. The molecule has 132 valence electrons. The Morgan fingerprint density at radius 1 is 1.33 bits per heavy atom. The van der Waals surface area contributed by atoms with Crippen LogP contribution < -0.4 is 4.74 Å². The van der Waals surface area contributed by atoms with Crippen LogP contribution in [0.5, 0.6) is 6.01 Å². The van der Waals surface area contributed by atoms with E-state index in [2.05, 4.69) is 19.9 Å². The smallest absolute Gasteiger partial charge is 0.319 e. The van der Waals surface area contributed by atoms with Crippen LogP contribution in [0.15, 0.2) is 18.5 Å². The fraction of sp³-hybridized carbons (Fsp3) is 0.533. The Bertz CT molecular complexity index is 723. The number of pyridine rings is 1. The van der Waals surface area contributed by atoms with Crippen molar-refractivity contribution in [3.63, 3.8) is 0 Å². The molecule has 24 heavy (non-hydrogen) atoms. The predicted molar refractivity (Wildman–Crippen MR) is 90.3 cm³/mol. The average Bonchev–Trinajstić information content (AvgIpc) is 3.01. The Hall–Kier alpha value is -1.31. The lowest BCUT2D eigenvalue weighted by Gasteiger charge is -2.30. The summed E-state index contributed by atoms with van der Waals surface area (Å²) < 4.78 is 33.3. The number of halogens is 4. The molecule has 2 unspecified atom stereocenters. The van der Waals surface area contributed by atoms with Crippen LogP contribution in [0.1, 0.15) is 19.3 Å². The monoisotopic (exact) mass is 378 g/mol. The zero-order valence-corrected chi connectivity index (χ0v) is 14.5. The van der Waals surface area contributed by atoms with Gasteiger partial charge >= 0.3 is 6.01 Å². The van der Waals surface area contributed by atoms with E-state index >= 15 is 0 Å². The molecule has 2 aliphatic heterocycles. The van der Waals surface area contributed by atoms with E-state index in [1.165, 1.54) is 6.20 Å². The number of alkyl halides is 1. The normalized spacial score (nSPS) is 25.8. The minimum Gasteiger partial charge on any atom is -0.461 e. The summed E-state index contributed by atoms with van der Waals surface area (Å²) in [5, 5.41) is 0.264. The van der Waals surface area contributed by atoms with Crippen molar-refractivity contribution >= 4 is 35.7 Å². The van der Waals surface area contributed by atoms with Crippen molar-refractivity contribution in [2.24, 2.45) is 0 Å². The molecule has 0 N–H and O–H groups in total. The van der Waals surface area contributed by atoms with Gasteiger partial charge in [-0.15, -0.1) is 24.8 Å². The van der Waals surface area contributed by atoms with E-state index in [1.807, 2.05) is 0 Å². The van der Waals surface area contributed by atoms with Gasteiger partial charge in [0.1, 0.15) is 12.8 Å². The second-order valence-electron chi connectivity index (χ2n) is 6.05. The number of fused-ring (bicyclic) bond motifs is 2. The van der Waals surface area contributed by atoms with Gasteiger partial charge in [-0.05, 0) is 25.5 Å². The molecule has 9 heteroatoms. The molecule has 2 atom stereocenters. The lowest BCUT2D eigenvalue weighted by Crippen LogP contribution is -2.43. The van der Waals surface area contributed by atoms with Crippen molar-refractivity contribution in [1.82, 2.24) is 19.9 Å². The summed E-state index contributed by atoms with van der Waals surface area (Å²) in [7, 11) is 0. The Morgan fingerprint density at radius 2 is 2.17 bits per heavy atom. The summed E-state index contributed by atoms with van der Waals surface area (Å²) in [5.74, 6) is -0.649. The third-order valence-electron chi connectivity index (χ3n) is 4.66. The molecule has 2 saturated heterocycles. The molecule has 0 saturated carbocycles. The lowest BCUT2D eigenvalue weighted by atomic mass is 9.95. The van der Waals surface area contributed by atoms with E-state index < -0.39 is 12.1 Å². The van der Waals surface area contributed by atoms with Crippen molar-refractivity contribution in [2.75, 3.05) is 19.7 Å². The second kappa shape index (κ2) is 7.29. The maximum atomic E-state index is 13.9. The largest absolute Gasteiger partial charge is 0.461 e. The molecule has 2 aromatic heterocycles. The summed E-state index contributed by atoms with van der Waals surface area (Å²) in [6, 6.07) is 1.61. The maximum Gasteiger partial charge on any atom is 0.319 e. The number of aromatic nitrogens is 3. The van der Waals surface area contributed by atoms with Crippen LogP contribution >= 0.6 is 24.8 Å². The molecule has 0 spiro atoms. The Labute approximate surface area is 150 Å². The first kappa shape index (κ1) is 19.0. The Balaban J connectivity index is 0.00000104. The van der Waals surface area contributed by atoms with Crippen LogP contribution in [0.4, 0.5) is 8.78 Å². The third kappa shape index (κ3) is 3.25. The first-order valence-corrected chi connectivity index (χ1v) is 7.45. The summed E-state index contributed by atoms with van der Waals surface area (Å²) in [5.41, 5.74) is 0.167. The van der Waals surface area contributed by atoms with Crippen LogP contribution in [0.25, 0.3) is 10.9 Å². The van der Waals surface area contributed by atoms with Gasteiger partial charge in [0, 0.05) is 25.4 Å². The van der Waals surface area contributed by atoms with Gasteiger partial charge in [0.15, 0.2) is 0 Å². The molecule has 2 aromatic rings. The van der Waals surface area contributed by atoms with Gasteiger partial charge in [0.25, 0.3) is 0 Å². The molecular weight excluding hydrogens is 361 g/mol. The third-order valence-corrected chi connectivity index (χ3v) is 4.66. The lowest BCUT2D eigenvalue weighted by molar-refractivity contribution is 0.107. The molecule has 4 rings (SSSR count). The van der Waals surface area contributed by atoms with Crippen LogP contribution in [-0.2, 0) is 0 Å². The molecule has 4 heterocycles. The average molecular weight is 379 g/mol. The number of nitrogens with zero attached hydrogens (tertiary/aromatic N) is 4. The van der Waals surface area contributed by atoms with Gasteiger partial charge in [-0.1, -0.05) is 0 Å². The van der Waals surface area contributed by atoms with Crippen LogP contribution in [0.2, 0.25) is 0 Å². The van der Waals surface area contributed by atoms with E-state index in [1.54, 1.807) is 12.3 Å². The van der Waals surface area contributed by atoms with Gasteiger partial charge in [0.2, 0.25) is 5.95 Å². The topological polar surface area (TPSA) is 51.1 Å². The highest BCUT2D eigenvalue weighted by molar-refractivity contribution is 5.85. The van der Waals surface area contributed by atoms with Crippen molar-refractivity contribution in [3.05, 3.63) is 24.4 Å². The number of rotatable bonds is 3. The molecule has 5 nitrogen and oxygen atoms in total. The molecular formula is C15H18Cl2F2N4O. The highest BCUT2D eigenvalue weighted by atomic mass is 35.5. The number of ether oxygens (including phenoxy) is 1. The fourth-order valence-corrected chi connectivity index (χ4v) is 3.63. The van der Waals surface area contributed by atoms with Crippen LogP contribution in [0, 0.1) is 5.95 Å². The van der Waals surface area contributed by atoms with E-state index in [9.17, 15) is 8.78 Å². The van der Waals surface area contributed by atoms with Gasteiger partial charge in [-0.3, -0.25) is 9.88 Å². The zero-order chi connectivity index (χ0) is 15.2. The summed E-state index contributed by atoms with van der Waals surface area (Å²) >= 11 is 0. The summed E-state index contributed by atoms with van der Waals surface area (Å²) in [6.07, 6.45) is 4.51.